The van der Waals surface area contributed by atoms with Gasteiger partial charge in [0, 0.05) is 26.1 Å². The van der Waals surface area contributed by atoms with Crippen molar-refractivity contribution in [2.24, 2.45) is 0 Å². The van der Waals surface area contributed by atoms with E-state index in [1.165, 1.54) is 10.1 Å². The number of nitrogens with zero attached hydrogens (tertiary/aromatic N) is 2. The highest BCUT2D eigenvalue weighted by atomic mass is 16.4. The molecule has 3 aromatic rings. The Bertz CT molecular complexity index is 974. The molecule has 1 N–H and O–H groups in total. The van der Waals surface area contributed by atoms with Gasteiger partial charge in [0.05, 0.1) is 5.52 Å². The van der Waals surface area contributed by atoms with Crippen LogP contribution in [0.15, 0.2) is 57.7 Å². The Morgan fingerprint density at radius 1 is 1.15 bits per heavy atom. The summed E-state index contributed by atoms with van der Waals surface area (Å²) < 4.78 is 6.68. The zero-order chi connectivity index (χ0) is 19.2. The standard InChI is InChI=1S/C21H25N3O3/c1-3-23(2)15-17-8-6-7-16(13-17)14-22-20(25)11-12-24-18-9-4-5-10-19(18)27-21(24)26/h4-10,13H,3,11-12,14-15H2,1-2H3,(H,22,25). The third kappa shape index (κ3) is 4.86. The van der Waals surface area contributed by atoms with Gasteiger partial charge in [-0.3, -0.25) is 9.36 Å². The first-order valence-corrected chi connectivity index (χ1v) is 9.18. The normalized spacial score (nSPS) is 11.2. The van der Waals surface area contributed by atoms with Crippen molar-refractivity contribution in [2.75, 3.05) is 13.6 Å². The Labute approximate surface area is 158 Å². The van der Waals surface area contributed by atoms with Crippen LogP contribution in [0.3, 0.4) is 0 Å². The third-order valence-corrected chi connectivity index (χ3v) is 4.61. The van der Waals surface area contributed by atoms with Gasteiger partial charge in [-0.2, -0.15) is 0 Å². The molecule has 0 aliphatic rings. The van der Waals surface area contributed by atoms with E-state index in [9.17, 15) is 9.59 Å². The Balaban J connectivity index is 1.55. The fourth-order valence-corrected chi connectivity index (χ4v) is 2.99. The molecule has 0 bridgehead atoms. The van der Waals surface area contributed by atoms with Crippen molar-refractivity contribution in [3.05, 3.63) is 70.2 Å². The molecular weight excluding hydrogens is 342 g/mol. The summed E-state index contributed by atoms with van der Waals surface area (Å²) >= 11 is 0. The highest BCUT2D eigenvalue weighted by molar-refractivity contribution is 5.76. The van der Waals surface area contributed by atoms with Crippen molar-refractivity contribution in [3.8, 4) is 0 Å². The van der Waals surface area contributed by atoms with Crippen LogP contribution in [-0.4, -0.2) is 29.0 Å². The molecule has 142 valence electrons. The molecule has 27 heavy (non-hydrogen) atoms. The van der Waals surface area contributed by atoms with Gasteiger partial charge in [-0.25, -0.2) is 4.79 Å². The zero-order valence-corrected chi connectivity index (χ0v) is 15.8. The average Bonchev–Trinajstić information content (AvgIpc) is 3.00. The second kappa shape index (κ2) is 8.68. The number of oxazole rings is 1. The van der Waals surface area contributed by atoms with E-state index in [1.807, 2.05) is 30.3 Å². The molecule has 0 saturated carbocycles. The van der Waals surface area contributed by atoms with Gasteiger partial charge in [0.25, 0.3) is 0 Å². The van der Waals surface area contributed by atoms with E-state index in [2.05, 4.69) is 36.3 Å². The largest absolute Gasteiger partial charge is 0.419 e. The Kier molecular flexibility index (Phi) is 6.08. The number of carbonyl (C=O) groups excluding carboxylic acids is 1. The van der Waals surface area contributed by atoms with E-state index >= 15 is 0 Å². The van der Waals surface area contributed by atoms with Crippen LogP contribution in [0, 0.1) is 0 Å². The molecule has 1 heterocycles. The lowest BCUT2D eigenvalue weighted by Gasteiger charge is -2.14. The van der Waals surface area contributed by atoms with Crippen molar-refractivity contribution in [1.82, 2.24) is 14.8 Å². The molecule has 1 aromatic heterocycles. The number of amides is 1. The van der Waals surface area contributed by atoms with Crippen molar-refractivity contribution in [2.45, 2.75) is 33.0 Å². The Morgan fingerprint density at radius 3 is 2.74 bits per heavy atom. The summed E-state index contributed by atoms with van der Waals surface area (Å²) in [6, 6.07) is 15.4. The number of rotatable bonds is 8. The Hall–Kier alpha value is -2.86. The molecule has 0 radical (unpaired) electrons. The number of fused-ring (bicyclic) bond motifs is 1. The minimum Gasteiger partial charge on any atom is -0.408 e. The molecule has 0 aliphatic heterocycles. The molecule has 0 aliphatic carbocycles. The van der Waals surface area contributed by atoms with E-state index in [4.69, 9.17) is 4.42 Å². The molecule has 6 heteroatoms. The molecule has 1 amide bonds. The van der Waals surface area contributed by atoms with Crippen LogP contribution in [0.4, 0.5) is 0 Å². The lowest BCUT2D eigenvalue weighted by molar-refractivity contribution is -0.121. The predicted octanol–water partition coefficient (Wildman–Crippen LogP) is 2.75. The summed E-state index contributed by atoms with van der Waals surface area (Å²) in [5, 5.41) is 2.92. The first kappa shape index (κ1) is 18.9. The maximum atomic E-state index is 12.2. The summed E-state index contributed by atoms with van der Waals surface area (Å²) in [4.78, 5) is 26.4. The third-order valence-electron chi connectivity index (χ3n) is 4.61. The van der Waals surface area contributed by atoms with E-state index in [0.29, 0.717) is 24.2 Å². The number of benzene rings is 2. The van der Waals surface area contributed by atoms with Crippen LogP contribution >= 0.6 is 0 Å². The van der Waals surface area contributed by atoms with Crippen LogP contribution in [0.1, 0.15) is 24.5 Å². The molecular formula is C21H25N3O3. The number of aryl methyl sites for hydroxylation is 1. The highest BCUT2D eigenvalue weighted by Crippen LogP contribution is 2.12. The highest BCUT2D eigenvalue weighted by Gasteiger charge is 2.10. The second-order valence-electron chi connectivity index (χ2n) is 6.66. The van der Waals surface area contributed by atoms with Gasteiger partial charge >= 0.3 is 5.76 Å². The lowest BCUT2D eigenvalue weighted by Crippen LogP contribution is -2.26. The number of aromatic nitrogens is 1. The number of hydrogen-bond acceptors (Lipinski definition) is 4. The van der Waals surface area contributed by atoms with Gasteiger partial charge in [-0.1, -0.05) is 43.3 Å². The number of nitrogens with one attached hydrogen (secondary N) is 1. The Morgan fingerprint density at radius 2 is 1.93 bits per heavy atom. The zero-order valence-electron chi connectivity index (χ0n) is 15.8. The van der Waals surface area contributed by atoms with E-state index in [1.54, 1.807) is 6.07 Å². The molecule has 0 fully saturated rings. The maximum absolute atomic E-state index is 12.2. The number of carbonyl (C=O) groups is 1. The maximum Gasteiger partial charge on any atom is 0.419 e. The molecule has 0 saturated heterocycles. The van der Waals surface area contributed by atoms with Crippen molar-refractivity contribution < 1.29 is 9.21 Å². The van der Waals surface area contributed by atoms with E-state index in [0.717, 1.165) is 18.7 Å². The number of para-hydroxylation sites is 2. The fourth-order valence-electron chi connectivity index (χ4n) is 2.99. The van der Waals surface area contributed by atoms with Gasteiger partial charge < -0.3 is 14.6 Å². The number of hydrogen-bond donors (Lipinski definition) is 1. The predicted molar refractivity (Wildman–Crippen MR) is 105 cm³/mol. The van der Waals surface area contributed by atoms with Crippen LogP contribution in [-0.2, 0) is 24.4 Å². The molecule has 0 atom stereocenters. The molecule has 0 spiro atoms. The van der Waals surface area contributed by atoms with Gasteiger partial charge in [-0.05, 0) is 36.9 Å². The van der Waals surface area contributed by atoms with Crippen molar-refractivity contribution in [1.29, 1.82) is 0 Å². The van der Waals surface area contributed by atoms with E-state index in [-0.39, 0.29) is 12.3 Å². The van der Waals surface area contributed by atoms with Crippen LogP contribution in [0.25, 0.3) is 11.1 Å². The van der Waals surface area contributed by atoms with Crippen LogP contribution in [0.5, 0.6) is 0 Å². The SMILES string of the molecule is CCN(C)Cc1cccc(CNC(=O)CCn2c(=O)oc3ccccc32)c1. The average molecular weight is 367 g/mol. The van der Waals surface area contributed by atoms with Gasteiger partial charge in [0.15, 0.2) is 5.58 Å². The van der Waals surface area contributed by atoms with Crippen LogP contribution < -0.4 is 11.1 Å². The summed E-state index contributed by atoms with van der Waals surface area (Å²) in [6.07, 6.45) is 0.224. The minimum absolute atomic E-state index is 0.0942. The first-order chi connectivity index (χ1) is 13.1. The molecule has 6 nitrogen and oxygen atoms in total. The van der Waals surface area contributed by atoms with E-state index < -0.39 is 5.76 Å². The lowest BCUT2D eigenvalue weighted by atomic mass is 10.1. The van der Waals surface area contributed by atoms with Gasteiger partial charge in [0.1, 0.15) is 0 Å². The van der Waals surface area contributed by atoms with Crippen molar-refractivity contribution >= 4 is 17.0 Å². The van der Waals surface area contributed by atoms with Gasteiger partial charge in [-0.15, -0.1) is 0 Å². The fraction of sp³-hybridized carbons (Fsp3) is 0.333. The summed E-state index contributed by atoms with van der Waals surface area (Å²) in [6.45, 7) is 4.77. The monoisotopic (exact) mass is 367 g/mol. The molecule has 3 rings (SSSR count). The second-order valence-corrected chi connectivity index (χ2v) is 6.66. The summed E-state index contributed by atoms with van der Waals surface area (Å²) in [5.74, 6) is -0.528. The first-order valence-electron chi connectivity index (χ1n) is 9.18. The molecule has 0 unspecified atom stereocenters. The summed E-state index contributed by atoms with van der Waals surface area (Å²) in [7, 11) is 2.08. The topological polar surface area (TPSA) is 67.5 Å². The quantitative estimate of drug-likeness (QED) is 0.665. The molecule has 2 aromatic carbocycles. The minimum atomic E-state index is -0.434. The van der Waals surface area contributed by atoms with Crippen LogP contribution in [0.2, 0.25) is 0 Å². The van der Waals surface area contributed by atoms with Gasteiger partial charge in [0.2, 0.25) is 5.91 Å². The van der Waals surface area contributed by atoms with Crippen molar-refractivity contribution in [3.63, 3.8) is 0 Å². The smallest absolute Gasteiger partial charge is 0.408 e. The summed E-state index contributed by atoms with van der Waals surface area (Å²) in [5.41, 5.74) is 3.54.